The molecule has 30 heavy (non-hydrogen) atoms. The van der Waals surface area contributed by atoms with E-state index in [4.69, 9.17) is 9.47 Å². The van der Waals surface area contributed by atoms with Gasteiger partial charge in [0.25, 0.3) is 0 Å². The van der Waals surface area contributed by atoms with Crippen LogP contribution in [0.1, 0.15) is 48.6 Å². The number of nitrogens with one attached hydrogen (secondary N) is 1. The molecule has 1 aliphatic heterocycles. The fourth-order valence-electron chi connectivity index (χ4n) is 4.21. The van der Waals surface area contributed by atoms with Gasteiger partial charge in [-0.3, -0.25) is 9.69 Å². The van der Waals surface area contributed by atoms with Gasteiger partial charge in [0.2, 0.25) is 5.91 Å². The van der Waals surface area contributed by atoms with Gasteiger partial charge in [0, 0.05) is 49.6 Å². The van der Waals surface area contributed by atoms with Crippen LogP contribution in [0.2, 0.25) is 0 Å². The third-order valence-corrected chi connectivity index (χ3v) is 6.10. The highest BCUT2D eigenvalue weighted by Crippen LogP contribution is 2.32. The molecule has 162 valence electrons. The van der Waals surface area contributed by atoms with E-state index in [0.717, 1.165) is 79.7 Å². The molecule has 4 rings (SSSR count). The number of hydrogen-bond donors (Lipinski definition) is 1. The zero-order valence-electron chi connectivity index (χ0n) is 18.3. The summed E-state index contributed by atoms with van der Waals surface area (Å²) in [6.45, 7) is 7.40. The number of benzene rings is 1. The van der Waals surface area contributed by atoms with E-state index in [0.29, 0.717) is 0 Å². The zero-order valence-corrected chi connectivity index (χ0v) is 18.3. The molecule has 0 unspecified atom stereocenters. The number of ether oxygens (including phenoxy) is 2. The van der Waals surface area contributed by atoms with Crippen LogP contribution in [0, 0.1) is 12.8 Å². The quantitative estimate of drug-likeness (QED) is 0.750. The van der Waals surface area contributed by atoms with Crippen molar-refractivity contribution < 1.29 is 14.3 Å². The first-order chi connectivity index (χ1) is 14.5. The number of hydrogen-bond acceptors (Lipinski definition) is 6. The van der Waals surface area contributed by atoms with Crippen LogP contribution in [0.4, 0.5) is 0 Å². The Kier molecular flexibility index (Phi) is 5.94. The van der Waals surface area contributed by atoms with Crippen molar-refractivity contribution in [3.05, 3.63) is 34.9 Å². The van der Waals surface area contributed by atoms with Crippen LogP contribution in [0.5, 0.6) is 11.5 Å². The molecule has 1 saturated carbocycles. The largest absolute Gasteiger partial charge is 0.496 e. The monoisotopic (exact) mass is 413 g/mol. The Hall–Kier alpha value is -2.61. The molecule has 8 nitrogen and oxygen atoms in total. The SMILES string of the molecule is COc1ccc(CN2CCc3nnc([C@H](C)NC(=O)C4CC4)n3CC2)c(OC)c1C. The molecule has 1 amide bonds. The van der Waals surface area contributed by atoms with Crippen molar-refractivity contribution in [2.75, 3.05) is 27.3 Å². The summed E-state index contributed by atoms with van der Waals surface area (Å²) in [5.74, 6) is 3.88. The summed E-state index contributed by atoms with van der Waals surface area (Å²) < 4.78 is 13.3. The highest BCUT2D eigenvalue weighted by Gasteiger charge is 2.31. The molecule has 1 N–H and O–H groups in total. The fraction of sp³-hybridized carbons (Fsp3) is 0.591. The normalized spacial score (nSPS) is 17.7. The van der Waals surface area contributed by atoms with Crippen LogP contribution in [0.15, 0.2) is 12.1 Å². The average Bonchev–Trinajstić information content (AvgIpc) is 3.53. The summed E-state index contributed by atoms with van der Waals surface area (Å²) in [5.41, 5.74) is 2.17. The number of carbonyl (C=O) groups excluding carboxylic acids is 1. The van der Waals surface area contributed by atoms with Gasteiger partial charge in [0.05, 0.1) is 20.3 Å². The van der Waals surface area contributed by atoms with E-state index >= 15 is 0 Å². The van der Waals surface area contributed by atoms with Crippen molar-refractivity contribution in [3.8, 4) is 11.5 Å². The zero-order chi connectivity index (χ0) is 21.3. The summed E-state index contributed by atoms with van der Waals surface area (Å²) in [7, 11) is 3.38. The third kappa shape index (κ3) is 4.14. The number of fused-ring (bicyclic) bond motifs is 1. The van der Waals surface area contributed by atoms with E-state index in [-0.39, 0.29) is 17.9 Å². The third-order valence-electron chi connectivity index (χ3n) is 6.10. The smallest absolute Gasteiger partial charge is 0.223 e. The minimum absolute atomic E-state index is 0.129. The lowest BCUT2D eigenvalue weighted by Crippen LogP contribution is -2.31. The van der Waals surface area contributed by atoms with Crippen molar-refractivity contribution in [1.82, 2.24) is 25.0 Å². The van der Waals surface area contributed by atoms with Crippen molar-refractivity contribution in [2.45, 2.75) is 52.2 Å². The maximum absolute atomic E-state index is 12.1. The number of nitrogens with zero attached hydrogens (tertiary/aromatic N) is 4. The summed E-state index contributed by atoms with van der Waals surface area (Å²) in [6, 6.07) is 3.95. The Balaban J connectivity index is 1.44. The molecule has 0 bridgehead atoms. The summed E-state index contributed by atoms with van der Waals surface area (Å²) in [4.78, 5) is 14.6. The Morgan fingerprint density at radius 3 is 2.70 bits per heavy atom. The van der Waals surface area contributed by atoms with Crippen LogP contribution in [0.3, 0.4) is 0 Å². The fourth-order valence-corrected chi connectivity index (χ4v) is 4.21. The first-order valence-electron chi connectivity index (χ1n) is 10.7. The van der Waals surface area contributed by atoms with Gasteiger partial charge in [0.15, 0.2) is 5.82 Å². The van der Waals surface area contributed by atoms with Gasteiger partial charge in [-0.25, -0.2) is 0 Å². The molecule has 0 saturated heterocycles. The van der Waals surface area contributed by atoms with E-state index in [2.05, 4.69) is 31.0 Å². The van der Waals surface area contributed by atoms with Crippen LogP contribution in [-0.4, -0.2) is 52.9 Å². The molecule has 1 aromatic carbocycles. The topological polar surface area (TPSA) is 81.5 Å². The standard InChI is InChI=1S/C22H31N5O3/c1-14-18(29-3)8-7-17(20(14)30-4)13-26-10-9-19-24-25-21(27(19)12-11-26)15(2)23-22(28)16-5-6-16/h7-8,15-16H,5-6,9-13H2,1-4H3,(H,23,28)/t15-/m0/s1. The highest BCUT2D eigenvalue weighted by atomic mass is 16.5. The number of carbonyl (C=O) groups is 1. The molecule has 2 heterocycles. The first kappa shape index (κ1) is 20.7. The van der Waals surface area contributed by atoms with Gasteiger partial charge in [-0.1, -0.05) is 6.07 Å². The Labute approximate surface area is 177 Å². The molecule has 1 aliphatic carbocycles. The number of rotatable bonds is 7. The van der Waals surface area contributed by atoms with Gasteiger partial charge in [-0.2, -0.15) is 0 Å². The van der Waals surface area contributed by atoms with Gasteiger partial charge in [-0.15, -0.1) is 10.2 Å². The predicted octanol–water partition coefficient (Wildman–Crippen LogP) is 2.25. The maximum atomic E-state index is 12.1. The molecule has 1 aromatic heterocycles. The molecule has 0 radical (unpaired) electrons. The van der Waals surface area contributed by atoms with Crippen molar-refractivity contribution in [3.63, 3.8) is 0 Å². The van der Waals surface area contributed by atoms with Gasteiger partial charge in [-0.05, 0) is 32.8 Å². The minimum Gasteiger partial charge on any atom is -0.496 e. The molecule has 2 aromatic rings. The molecule has 2 aliphatic rings. The van der Waals surface area contributed by atoms with Crippen LogP contribution in [0.25, 0.3) is 0 Å². The second-order valence-electron chi connectivity index (χ2n) is 8.24. The molecule has 8 heteroatoms. The lowest BCUT2D eigenvalue weighted by Gasteiger charge is -2.22. The second kappa shape index (κ2) is 8.63. The molecule has 1 fully saturated rings. The molecule has 0 spiro atoms. The number of methoxy groups -OCH3 is 2. The minimum atomic E-state index is -0.129. The molecule has 1 atom stereocenters. The number of aromatic nitrogens is 3. The molecular weight excluding hydrogens is 382 g/mol. The Morgan fingerprint density at radius 2 is 2.00 bits per heavy atom. The van der Waals surface area contributed by atoms with Gasteiger partial charge >= 0.3 is 0 Å². The molecular formula is C22H31N5O3. The maximum Gasteiger partial charge on any atom is 0.223 e. The van der Waals surface area contributed by atoms with Gasteiger partial charge < -0.3 is 19.4 Å². The summed E-state index contributed by atoms with van der Waals surface area (Å²) >= 11 is 0. The lowest BCUT2D eigenvalue weighted by atomic mass is 10.1. The van der Waals surface area contributed by atoms with Crippen LogP contribution >= 0.6 is 0 Å². The summed E-state index contributed by atoms with van der Waals surface area (Å²) in [5, 5.41) is 11.9. The highest BCUT2D eigenvalue weighted by molar-refractivity contribution is 5.81. The summed E-state index contributed by atoms with van der Waals surface area (Å²) in [6.07, 6.45) is 2.83. The van der Waals surface area contributed by atoms with Crippen molar-refractivity contribution in [1.29, 1.82) is 0 Å². The predicted molar refractivity (Wildman–Crippen MR) is 113 cm³/mol. The second-order valence-corrected chi connectivity index (χ2v) is 8.24. The van der Waals surface area contributed by atoms with Crippen molar-refractivity contribution in [2.24, 2.45) is 5.92 Å². The van der Waals surface area contributed by atoms with E-state index in [1.54, 1.807) is 14.2 Å². The lowest BCUT2D eigenvalue weighted by molar-refractivity contribution is -0.123. The average molecular weight is 414 g/mol. The van der Waals surface area contributed by atoms with E-state index in [1.807, 2.05) is 19.9 Å². The Morgan fingerprint density at radius 1 is 1.20 bits per heavy atom. The van der Waals surface area contributed by atoms with E-state index in [9.17, 15) is 4.79 Å². The van der Waals surface area contributed by atoms with E-state index in [1.165, 1.54) is 0 Å². The first-order valence-corrected chi connectivity index (χ1v) is 10.7. The number of amides is 1. The van der Waals surface area contributed by atoms with Crippen molar-refractivity contribution >= 4 is 5.91 Å². The van der Waals surface area contributed by atoms with Crippen LogP contribution in [-0.2, 0) is 24.3 Å². The van der Waals surface area contributed by atoms with E-state index < -0.39 is 0 Å². The van der Waals surface area contributed by atoms with Crippen LogP contribution < -0.4 is 14.8 Å². The van der Waals surface area contributed by atoms with Gasteiger partial charge in [0.1, 0.15) is 17.3 Å². The Bertz CT molecular complexity index is 922.